The van der Waals surface area contributed by atoms with Crippen molar-refractivity contribution in [3.8, 4) is 22.6 Å². The fourth-order valence-corrected chi connectivity index (χ4v) is 3.18. The van der Waals surface area contributed by atoms with Crippen molar-refractivity contribution in [1.82, 2.24) is 0 Å². The van der Waals surface area contributed by atoms with Crippen LogP contribution in [0.3, 0.4) is 0 Å². The van der Waals surface area contributed by atoms with Crippen LogP contribution in [0.25, 0.3) is 21.9 Å². The van der Waals surface area contributed by atoms with Crippen LogP contribution in [-0.4, -0.2) is 21.0 Å². The van der Waals surface area contributed by atoms with Gasteiger partial charge in [0, 0.05) is 23.4 Å². The molecular weight excluding hydrogens is 384 g/mol. The number of phenolic OH excluding ortho intramolecular Hbond substituents is 2. The van der Waals surface area contributed by atoms with Crippen LogP contribution in [0.5, 0.6) is 11.5 Å². The Morgan fingerprint density at radius 2 is 1.43 bits per heavy atom. The van der Waals surface area contributed by atoms with Crippen molar-refractivity contribution in [2.24, 2.45) is 0 Å². The van der Waals surface area contributed by atoms with Crippen LogP contribution in [0.1, 0.15) is 10.4 Å². The molecule has 0 saturated carbocycles. The van der Waals surface area contributed by atoms with Gasteiger partial charge in [0.1, 0.15) is 11.5 Å². The highest BCUT2D eigenvalue weighted by atomic mass is 16.6. The van der Waals surface area contributed by atoms with E-state index < -0.39 is 10.8 Å². The van der Waals surface area contributed by atoms with E-state index >= 15 is 0 Å². The molecule has 0 aliphatic rings. The topological polar surface area (TPSA) is 113 Å². The number of nitro benzene ring substituents is 1. The smallest absolute Gasteiger partial charge is 0.270 e. The van der Waals surface area contributed by atoms with Crippen LogP contribution >= 0.6 is 0 Å². The van der Waals surface area contributed by atoms with Crippen molar-refractivity contribution in [2.75, 3.05) is 5.32 Å². The average Bonchev–Trinajstić information content (AvgIpc) is 2.74. The van der Waals surface area contributed by atoms with Crippen molar-refractivity contribution in [1.29, 1.82) is 0 Å². The van der Waals surface area contributed by atoms with E-state index in [1.54, 1.807) is 36.4 Å². The number of carbonyl (C=O) groups excluding carboxylic acids is 1. The number of aromatic hydroxyl groups is 2. The van der Waals surface area contributed by atoms with Gasteiger partial charge in [-0.3, -0.25) is 14.9 Å². The number of benzene rings is 4. The molecule has 0 heterocycles. The second-order valence-corrected chi connectivity index (χ2v) is 6.77. The van der Waals surface area contributed by atoms with Gasteiger partial charge in [-0.1, -0.05) is 18.2 Å². The number of rotatable bonds is 4. The minimum Gasteiger partial charge on any atom is -0.508 e. The normalized spacial score (nSPS) is 10.7. The molecule has 7 heteroatoms. The summed E-state index contributed by atoms with van der Waals surface area (Å²) in [6.45, 7) is 0. The molecule has 7 nitrogen and oxygen atoms in total. The quantitative estimate of drug-likeness (QED) is 0.251. The minimum atomic E-state index is -0.542. The van der Waals surface area contributed by atoms with E-state index in [-0.39, 0.29) is 22.7 Å². The number of fused-ring (bicyclic) bond motifs is 1. The van der Waals surface area contributed by atoms with Gasteiger partial charge in [-0.2, -0.15) is 0 Å². The molecule has 0 fully saturated rings. The number of phenols is 2. The zero-order valence-electron chi connectivity index (χ0n) is 15.6. The van der Waals surface area contributed by atoms with E-state index in [4.69, 9.17) is 0 Å². The molecule has 4 rings (SSSR count). The Kier molecular flexibility index (Phi) is 4.77. The molecule has 0 bridgehead atoms. The monoisotopic (exact) mass is 400 g/mol. The summed E-state index contributed by atoms with van der Waals surface area (Å²) in [6, 6.07) is 20.5. The number of anilines is 1. The van der Waals surface area contributed by atoms with Gasteiger partial charge < -0.3 is 15.5 Å². The lowest BCUT2D eigenvalue weighted by atomic mass is 9.98. The predicted molar refractivity (Wildman–Crippen MR) is 114 cm³/mol. The lowest BCUT2D eigenvalue weighted by molar-refractivity contribution is -0.384. The molecule has 30 heavy (non-hydrogen) atoms. The molecule has 0 saturated heterocycles. The summed E-state index contributed by atoms with van der Waals surface area (Å²) in [5, 5.41) is 34.7. The van der Waals surface area contributed by atoms with Crippen LogP contribution < -0.4 is 5.32 Å². The highest BCUT2D eigenvalue weighted by Crippen LogP contribution is 2.30. The van der Waals surface area contributed by atoms with E-state index in [9.17, 15) is 25.1 Å². The van der Waals surface area contributed by atoms with Gasteiger partial charge in [0.25, 0.3) is 11.6 Å². The molecule has 0 aliphatic carbocycles. The molecule has 4 aromatic rings. The first-order chi connectivity index (χ1) is 14.4. The standard InChI is InChI=1S/C23H16N2O5/c26-21-7-4-19(5-8-21)24-23(28)18-10-17(11-20(12-18)25(29)30)15-1-2-16-13-22(27)6-3-14(16)9-15/h1-13,26-27H,(H,24,28). The first-order valence-corrected chi connectivity index (χ1v) is 9.02. The highest BCUT2D eigenvalue weighted by Gasteiger charge is 2.16. The van der Waals surface area contributed by atoms with Gasteiger partial charge in [-0.05, 0) is 70.4 Å². The summed E-state index contributed by atoms with van der Waals surface area (Å²) in [6.07, 6.45) is 0. The molecule has 0 aromatic heterocycles. The summed E-state index contributed by atoms with van der Waals surface area (Å²) in [5.74, 6) is -0.287. The highest BCUT2D eigenvalue weighted by molar-refractivity contribution is 6.05. The third kappa shape index (κ3) is 3.90. The summed E-state index contributed by atoms with van der Waals surface area (Å²) >= 11 is 0. The van der Waals surface area contributed by atoms with Crippen molar-refractivity contribution < 1.29 is 19.9 Å². The number of hydrogen-bond donors (Lipinski definition) is 3. The van der Waals surface area contributed by atoms with Gasteiger partial charge in [0.05, 0.1) is 4.92 Å². The lowest BCUT2D eigenvalue weighted by Crippen LogP contribution is -2.12. The molecule has 0 unspecified atom stereocenters. The fraction of sp³-hybridized carbons (Fsp3) is 0. The largest absolute Gasteiger partial charge is 0.508 e. The minimum absolute atomic E-state index is 0.0651. The molecule has 0 aliphatic heterocycles. The van der Waals surface area contributed by atoms with E-state index in [0.717, 1.165) is 10.8 Å². The van der Waals surface area contributed by atoms with E-state index in [1.807, 2.05) is 6.07 Å². The SMILES string of the molecule is O=C(Nc1ccc(O)cc1)c1cc(-c2ccc3cc(O)ccc3c2)cc([N+](=O)[O-])c1. The molecular formula is C23H16N2O5. The number of non-ortho nitro benzene ring substituents is 1. The number of carbonyl (C=O) groups is 1. The number of nitro groups is 1. The molecule has 0 atom stereocenters. The third-order valence-corrected chi connectivity index (χ3v) is 4.67. The molecule has 4 aromatic carbocycles. The molecule has 148 valence electrons. The van der Waals surface area contributed by atoms with Gasteiger partial charge >= 0.3 is 0 Å². The first kappa shape index (κ1) is 18.9. The van der Waals surface area contributed by atoms with Crippen molar-refractivity contribution >= 4 is 28.1 Å². The summed E-state index contributed by atoms with van der Waals surface area (Å²) in [4.78, 5) is 23.6. The van der Waals surface area contributed by atoms with Crippen LogP contribution in [0.4, 0.5) is 11.4 Å². The fourth-order valence-electron chi connectivity index (χ4n) is 3.18. The van der Waals surface area contributed by atoms with Crippen molar-refractivity contribution in [3.05, 3.63) is 94.5 Å². The third-order valence-electron chi connectivity index (χ3n) is 4.67. The predicted octanol–water partition coefficient (Wildman–Crippen LogP) is 5.08. The second-order valence-electron chi connectivity index (χ2n) is 6.77. The molecule has 0 spiro atoms. The van der Waals surface area contributed by atoms with E-state index in [2.05, 4.69) is 5.32 Å². The average molecular weight is 400 g/mol. The Hall–Kier alpha value is -4.39. The molecule has 1 amide bonds. The van der Waals surface area contributed by atoms with Gasteiger partial charge in [-0.15, -0.1) is 0 Å². The molecule has 0 radical (unpaired) electrons. The van der Waals surface area contributed by atoms with Gasteiger partial charge in [0.2, 0.25) is 0 Å². The summed E-state index contributed by atoms with van der Waals surface area (Å²) < 4.78 is 0. The van der Waals surface area contributed by atoms with E-state index in [1.165, 1.54) is 36.4 Å². The lowest BCUT2D eigenvalue weighted by Gasteiger charge is -2.09. The number of amides is 1. The van der Waals surface area contributed by atoms with Crippen LogP contribution in [-0.2, 0) is 0 Å². The number of hydrogen-bond acceptors (Lipinski definition) is 5. The summed E-state index contributed by atoms with van der Waals surface area (Å²) in [5.41, 5.74) is 1.62. The maximum Gasteiger partial charge on any atom is 0.270 e. The molecule has 3 N–H and O–H groups in total. The van der Waals surface area contributed by atoms with Gasteiger partial charge in [0.15, 0.2) is 0 Å². The first-order valence-electron chi connectivity index (χ1n) is 9.02. The maximum atomic E-state index is 12.7. The summed E-state index contributed by atoms with van der Waals surface area (Å²) in [7, 11) is 0. The Morgan fingerprint density at radius 3 is 2.17 bits per heavy atom. The number of nitrogens with zero attached hydrogens (tertiary/aromatic N) is 1. The van der Waals surface area contributed by atoms with Crippen LogP contribution in [0.2, 0.25) is 0 Å². The van der Waals surface area contributed by atoms with Crippen molar-refractivity contribution in [3.63, 3.8) is 0 Å². The van der Waals surface area contributed by atoms with Gasteiger partial charge in [-0.25, -0.2) is 0 Å². The van der Waals surface area contributed by atoms with E-state index in [0.29, 0.717) is 16.8 Å². The second kappa shape index (κ2) is 7.56. The van der Waals surface area contributed by atoms with Crippen molar-refractivity contribution in [2.45, 2.75) is 0 Å². The Morgan fingerprint density at radius 1 is 0.767 bits per heavy atom. The van der Waals surface area contributed by atoms with Crippen LogP contribution in [0, 0.1) is 10.1 Å². The zero-order valence-corrected chi connectivity index (χ0v) is 15.6. The zero-order chi connectivity index (χ0) is 21.3. The Balaban J connectivity index is 1.74. The maximum absolute atomic E-state index is 12.7. The Labute approximate surface area is 171 Å². The Bertz CT molecular complexity index is 1280. The number of nitrogens with one attached hydrogen (secondary N) is 1. The van der Waals surface area contributed by atoms with Crippen LogP contribution in [0.15, 0.2) is 78.9 Å².